The number of morpholine rings is 1. The number of nitrogens with one attached hydrogen (secondary N) is 1. The van der Waals surface area contributed by atoms with Gasteiger partial charge in [0.25, 0.3) is 5.91 Å². The first-order valence-corrected chi connectivity index (χ1v) is 10.4. The van der Waals surface area contributed by atoms with Crippen molar-refractivity contribution < 1.29 is 19.1 Å². The summed E-state index contributed by atoms with van der Waals surface area (Å²) in [6, 6.07) is 0. The minimum Gasteiger partial charge on any atom is -0.379 e. The van der Waals surface area contributed by atoms with Gasteiger partial charge < -0.3 is 14.6 Å². The molecular formula is C21H31N5O4. The third kappa shape index (κ3) is 5.14. The Morgan fingerprint density at radius 2 is 1.93 bits per heavy atom. The molecule has 2 saturated heterocycles. The first-order chi connectivity index (χ1) is 14.3. The number of ether oxygens (including phenoxy) is 1. The van der Waals surface area contributed by atoms with Gasteiger partial charge in [0.15, 0.2) is 0 Å². The average Bonchev–Trinajstić information content (AvgIpc) is 3.07. The predicted molar refractivity (Wildman–Crippen MR) is 111 cm³/mol. The molecule has 2 aliphatic rings. The second kappa shape index (κ2) is 9.53. The number of carbonyl (C=O) groups is 3. The van der Waals surface area contributed by atoms with Crippen LogP contribution in [-0.2, 0) is 25.7 Å². The van der Waals surface area contributed by atoms with Gasteiger partial charge in [-0.3, -0.25) is 24.2 Å². The van der Waals surface area contributed by atoms with E-state index in [4.69, 9.17) is 4.74 Å². The van der Waals surface area contributed by atoms with E-state index in [0.29, 0.717) is 11.6 Å². The molecule has 1 aromatic rings. The molecule has 9 heteroatoms. The van der Waals surface area contributed by atoms with Crippen LogP contribution >= 0.6 is 0 Å². The molecule has 164 valence electrons. The SMILES string of the molecule is CC(=O)N1CC(=O)N/C(=C\c2ncn(CC(C)CN3CCOCC3)c2C(C)C)C1=O. The maximum absolute atomic E-state index is 12.6. The van der Waals surface area contributed by atoms with E-state index in [1.165, 1.54) is 6.92 Å². The predicted octanol–water partition coefficient (Wildman–Crippen LogP) is 0.821. The Balaban J connectivity index is 1.80. The van der Waals surface area contributed by atoms with E-state index in [-0.39, 0.29) is 24.1 Å². The van der Waals surface area contributed by atoms with Crippen molar-refractivity contribution >= 4 is 23.8 Å². The minimum atomic E-state index is -0.507. The van der Waals surface area contributed by atoms with Crippen LogP contribution in [-0.4, -0.2) is 76.5 Å². The molecule has 1 unspecified atom stereocenters. The number of carbonyl (C=O) groups excluding carboxylic acids is 3. The standard InChI is InChI=1S/C21H31N5O4/c1-14(2)20-17(9-18-21(29)26(16(4)27)12-19(28)23-18)22-13-25(20)11-15(3)10-24-5-7-30-8-6-24/h9,13-15H,5-8,10-12H2,1-4H3,(H,23,28)/b18-9-. The van der Waals surface area contributed by atoms with E-state index in [2.05, 4.69) is 40.5 Å². The highest BCUT2D eigenvalue weighted by Crippen LogP contribution is 2.23. The van der Waals surface area contributed by atoms with Crippen molar-refractivity contribution in [2.24, 2.45) is 5.92 Å². The van der Waals surface area contributed by atoms with Gasteiger partial charge in [0, 0.05) is 38.8 Å². The molecule has 0 aliphatic carbocycles. The topological polar surface area (TPSA) is 96.8 Å². The third-order valence-electron chi connectivity index (χ3n) is 5.35. The number of piperazine rings is 1. The van der Waals surface area contributed by atoms with Gasteiger partial charge in [0.05, 0.1) is 25.2 Å². The summed E-state index contributed by atoms with van der Waals surface area (Å²) >= 11 is 0. The van der Waals surface area contributed by atoms with E-state index in [1.54, 1.807) is 12.4 Å². The Bertz CT molecular complexity index is 838. The molecule has 0 spiro atoms. The largest absolute Gasteiger partial charge is 0.379 e. The summed E-state index contributed by atoms with van der Waals surface area (Å²) in [7, 11) is 0. The average molecular weight is 418 g/mol. The van der Waals surface area contributed by atoms with Gasteiger partial charge in [-0.05, 0) is 17.9 Å². The van der Waals surface area contributed by atoms with Gasteiger partial charge in [0.1, 0.15) is 12.2 Å². The lowest BCUT2D eigenvalue weighted by Crippen LogP contribution is -2.51. The smallest absolute Gasteiger partial charge is 0.277 e. The number of hydrogen-bond donors (Lipinski definition) is 1. The summed E-state index contributed by atoms with van der Waals surface area (Å²) in [5.74, 6) is -0.757. The van der Waals surface area contributed by atoms with Crippen molar-refractivity contribution in [2.75, 3.05) is 39.4 Å². The zero-order valence-corrected chi connectivity index (χ0v) is 18.2. The van der Waals surface area contributed by atoms with Crippen molar-refractivity contribution in [1.29, 1.82) is 0 Å². The van der Waals surface area contributed by atoms with Crippen LogP contribution in [0.3, 0.4) is 0 Å². The zero-order chi connectivity index (χ0) is 21.8. The highest BCUT2D eigenvalue weighted by Gasteiger charge is 2.31. The van der Waals surface area contributed by atoms with Gasteiger partial charge >= 0.3 is 0 Å². The Labute approximate surface area is 177 Å². The molecule has 3 heterocycles. The van der Waals surface area contributed by atoms with E-state index in [1.807, 2.05) is 0 Å². The number of nitrogens with zero attached hydrogens (tertiary/aromatic N) is 4. The van der Waals surface area contributed by atoms with Crippen molar-refractivity contribution in [2.45, 2.75) is 40.2 Å². The zero-order valence-electron chi connectivity index (χ0n) is 18.2. The normalized spacial score (nSPS) is 20.7. The fraction of sp³-hybridized carbons (Fsp3) is 0.619. The van der Waals surface area contributed by atoms with Crippen molar-refractivity contribution in [3.63, 3.8) is 0 Å². The van der Waals surface area contributed by atoms with Crippen LogP contribution in [0, 0.1) is 5.92 Å². The van der Waals surface area contributed by atoms with E-state index < -0.39 is 11.8 Å². The molecule has 0 saturated carbocycles. The van der Waals surface area contributed by atoms with Gasteiger partial charge in [-0.1, -0.05) is 20.8 Å². The summed E-state index contributed by atoms with van der Waals surface area (Å²) in [5, 5.41) is 2.58. The first-order valence-electron chi connectivity index (χ1n) is 10.4. The Morgan fingerprint density at radius 3 is 2.57 bits per heavy atom. The summed E-state index contributed by atoms with van der Waals surface area (Å²) in [4.78, 5) is 44.1. The molecule has 3 amide bonds. The fourth-order valence-corrected chi connectivity index (χ4v) is 4.00. The van der Waals surface area contributed by atoms with Crippen molar-refractivity contribution in [3.05, 3.63) is 23.4 Å². The molecule has 1 aromatic heterocycles. The second-order valence-corrected chi connectivity index (χ2v) is 8.36. The molecule has 0 aromatic carbocycles. The van der Waals surface area contributed by atoms with Gasteiger partial charge in [0.2, 0.25) is 11.8 Å². The molecule has 1 N–H and O–H groups in total. The maximum atomic E-state index is 12.6. The van der Waals surface area contributed by atoms with Gasteiger partial charge in [-0.25, -0.2) is 4.98 Å². The monoisotopic (exact) mass is 417 g/mol. The van der Waals surface area contributed by atoms with E-state index in [0.717, 1.165) is 50.0 Å². The quantitative estimate of drug-likeness (QED) is 0.689. The summed E-state index contributed by atoms with van der Waals surface area (Å²) < 4.78 is 7.54. The lowest BCUT2D eigenvalue weighted by Gasteiger charge is -2.29. The number of hydrogen-bond acceptors (Lipinski definition) is 6. The molecular weight excluding hydrogens is 386 g/mol. The molecule has 3 rings (SSSR count). The third-order valence-corrected chi connectivity index (χ3v) is 5.35. The molecule has 0 bridgehead atoms. The number of imide groups is 1. The molecule has 1 atom stereocenters. The second-order valence-electron chi connectivity index (χ2n) is 8.36. The van der Waals surface area contributed by atoms with Crippen LogP contribution in [0.1, 0.15) is 45.0 Å². The van der Waals surface area contributed by atoms with Gasteiger partial charge in [-0.15, -0.1) is 0 Å². The number of amides is 3. The summed E-state index contributed by atoms with van der Waals surface area (Å²) in [6.07, 6.45) is 3.36. The minimum absolute atomic E-state index is 0.0787. The highest BCUT2D eigenvalue weighted by molar-refractivity contribution is 6.12. The number of imidazole rings is 1. The lowest BCUT2D eigenvalue weighted by atomic mass is 10.1. The molecule has 9 nitrogen and oxygen atoms in total. The Kier molecular flexibility index (Phi) is 7.04. The van der Waals surface area contributed by atoms with Crippen LogP contribution < -0.4 is 5.32 Å². The van der Waals surface area contributed by atoms with Crippen LogP contribution in [0.5, 0.6) is 0 Å². The van der Waals surface area contributed by atoms with Crippen LogP contribution in [0.25, 0.3) is 6.08 Å². The maximum Gasteiger partial charge on any atom is 0.277 e. The number of aromatic nitrogens is 2. The van der Waals surface area contributed by atoms with Crippen LogP contribution in [0.2, 0.25) is 0 Å². The lowest BCUT2D eigenvalue weighted by molar-refractivity contribution is -0.147. The molecule has 0 radical (unpaired) electrons. The van der Waals surface area contributed by atoms with Gasteiger partial charge in [-0.2, -0.15) is 0 Å². The van der Waals surface area contributed by atoms with Crippen molar-refractivity contribution in [3.8, 4) is 0 Å². The highest BCUT2D eigenvalue weighted by atomic mass is 16.5. The summed E-state index contributed by atoms with van der Waals surface area (Å²) in [5.41, 5.74) is 1.71. The van der Waals surface area contributed by atoms with Crippen LogP contribution in [0.4, 0.5) is 0 Å². The van der Waals surface area contributed by atoms with E-state index in [9.17, 15) is 14.4 Å². The molecule has 2 aliphatic heterocycles. The molecule has 2 fully saturated rings. The fourth-order valence-electron chi connectivity index (χ4n) is 4.00. The number of rotatable bonds is 6. The van der Waals surface area contributed by atoms with E-state index >= 15 is 0 Å². The van der Waals surface area contributed by atoms with Crippen molar-refractivity contribution in [1.82, 2.24) is 24.7 Å². The first kappa shape index (κ1) is 22.2. The Morgan fingerprint density at radius 1 is 1.23 bits per heavy atom. The molecule has 30 heavy (non-hydrogen) atoms. The van der Waals surface area contributed by atoms with Crippen LogP contribution in [0.15, 0.2) is 12.0 Å². The Hall–Kier alpha value is -2.52. The summed E-state index contributed by atoms with van der Waals surface area (Å²) in [6.45, 7) is 12.7.